The molecular formula is C8H15N3S. The predicted octanol–water partition coefficient (Wildman–Crippen LogP) is 1.94. The Morgan fingerprint density at radius 1 is 1.58 bits per heavy atom. The van der Waals surface area contributed by atoms with Crippen LogP contribution in [0.2, 0.25) is 0 Å². The first-order valence-electron chi connectivity index (χ1n) is 4.23. The van der Waals surface area contributed by atoms with Gasteiger partial charge in [-0.3, -0.25) is 0 Å². The predicted molar refractivity (Wildman–Crippen MR) is 52.1 cm³/mol. The summed E-state index contributed by atoms with van der Waals surface area (Å²) >= 11 is 1.87. The molecule has 68 valence electrons. The van der Waals surface area contributed by atoms with Gasteiger partial charge in [-0.15, -0.1) is 16.9 Å². The van der Waals surface area contributed by atoms with Crippen molar-refractivity contribution < 1.29 is 0 Å². The molecule has 0 radical (unpaired) electrons. The zero-order chi connectivity index (χ0) is 8.97. The summed E-state index contributed by atoms with van der Waals surface area (Å²) in [5.74, 6) is 0.907. The van der Waals surface area contributed by atoms with Crippen LogP contribution in [0.15, 0.2) is 6.20 Å². The van der Waals surface area contributed by atoms with Gasteiger partial charge in [0, 0.05) is 11.4 Å². The Bertz CT molecular complexity index is 232. The lowest BCUT2D eigenvalue weighted by molar-refractivity contribution is 0.698. The van der Waals surface area contributed by atoms with Crippen LogP contribution in [-0.4, -0.2) is 20.2 Å². The first-order chi connectivity index (χ1) is 5.72. The first kappa shape index (κ1) is 9.58. The van der Waals surface area contributed by atoms with Gasteiger partial charge in [0.2, 0.25) is 0 Å². The fourth-order valence-corrected chi connectivity index (χ4v) is 1.37. The Kier molecular flexibility index (Phi) is 3.59. The van der Waals surface area contributed by atoms with Crippen LogP contribution in [0, 0.1) is 0 Å². The molecule has 0 bridgehead atoms. The Balaban J connectivity index is 2.41. The zero-order valence-corrected chi connectivity index (χ0v) is 8.64. The molecular weight excluding hydrogens is 170 g/mol. The largest absolute Gasteiger partial charge is 0.242 e. The average molecular weight is 185 g/mol. The Labute approximate surface area is 77.5 Å². The summed E-state index contributed by atoms with van der Waals surface area (Å²) in [7, 11) is 0. The molecule has 0 fully saturated rings. The van der Waals surface area contributed by atoms with E-state index in [1.165, 1.54) is 0 Å². The van der Waals surface area contributed by atoms with Crippen molar-refractivity contribution in [2.75, 3.05) is 0 Å². The second kappa shape index (κ2) is 4.50. The molecule has 0 atom stereocenters. The van der Waals surface area contributed by atoms with E-state index in [0.717, 1.165) is 18.0 Å². The molecule has 12 heavy (non-hydrogen) atoms. The SMILES string of the molecule is CCc1cn(CSC(C)C)nn1. The van der Waals surface area contributed by atoms with E-state index in [0.29, 0.717) is 5.25 Å². The molecule has 0 N–H and O–H groups in total. The summed E-state index contributed by atoms with van der Waals surface area (Å²) < 4.78 is 1.89. The van der Waals surface area contributed by atoms with Crippen molar-refractivity contribution in [1.29, 1.82) is 0 Å². The molecule has 1 aromatic rings. The molecule has 4 heteroatoms. The maximum Gasteiger partial charge on any atom is 0.0883 e. The molecule has 0 saturated carbocycles. The molecule has 0 saturated heterocycles. The monoisotopic (exact) mass is 185 g/mol. The number of rotatable bonds is 4. The number of hydrogen-bond acceptors (Lipinski definition) is 3. The number of thioether (sulfide) groups is 1. The van der Waals surface area contributed by atoms with Gasteiger partial charge in [-0.1, -0.05) is 26.0 Å². The van der Waals surface area contributed by atoms with Crippen molar-refractivity contribution in [3.05, 3.63) is 11.9 Å². The van der Waals surface area contributed by atoms with Crippen molar-refractivity contribution in [3.63, 3.8) is 0 Å². The molecule has 0 aromatic carbocycles. The zero-order valence-electron chi connectivity index (χ0n) is 7.82. The topological polar surface area (TPSA) is 30.7 Å². The summed E-state index contributed by atoms with van der Waals surface area (Å²) in [6, 6.07) is 0. The highest BCUT2D eigenvalue weighted by Gasteiger charge is 1.99. The number of hydrogen-bond donors (Lipinski definition) is 0. The van der Waals surface area contributed by atoms with E-state index < -0.39 is 0 Å². The molecule has 0 amide bonds. The van der Waals surface area contributed by atoms with E-state index in [-0.39, 0.29) is 0 Å². The van der Waals surface area contributed by atoms with E-state index in [1.54, 1.807) is 0 Å². The van der Waals surface area contributed by atoms with E-state index in [2.05, 4.69) is 31.1 Å². The summed E-state index contributed by atoms with van der Waals surface area (Å²) in [6.07, 6.45) is 2.97. The Morgan fingerprint density at radius 3 is 2.83 bits per heavy atom. The number of aryl methyl sites for hydroxylation is 1. The molecule has 0 aliphatic heterocycles. The molecule has 3 nitrogen and oxygen atoms in total. The summed E-state index contributed by atoms with van der Waals surface area (Å²) in [6.45, 7) is 6.45. The van der Waals surface area contributed by atoms with E-state index in [1.807, 2.05) is 22.6 Å². The van der Waals surface area contributed by atoms with Gasteiger partial charge in [-0.05, 0) is 6.42 Å². The maximum atomic E-state index is 4.01. The van der Waals surface area contributed by atoms with Crippen LogP contribution < -0.4 is 0 Å². The minimum Gasteiger partial charge on any atom is -0.242 e. The molecule has 0 aliphatic carbocycles. The van der Waals surface area contributed by atoms with Gasteiger partial charge in [-0.25, -0.2) is 4.68 Å². The first-order valence-corrected chi connectivity index (χ1v) is 5.28. The van der Waals surface area contributed by atoms with Crippen molar-refractivity contribution >= 4 is 11.8 Å². The average Bonchev–Trinajstić information content (AvgIpc) is 2.48. The second-order valence-electron chi connectivity index (χ2n) is 2.95. The van der Waals surface area contributed by atoms with Crippen LogP contribution >= 0.6 is 11.8 Å². The van der Waals surface area contributed by atoms with E-state index in [9.17, 15) is 0 Å². The third-order valence-corrected chi connectivity index (χ3v) is 2.57. The van der Waals surface area contributed by atoms with Crippen molar-refractivity contribution in [2.24, 2.45) is 0 Å². The minimum atomic E-state index is 0.652. The lowest BCUT2D eigenvalue weighted by atomic mass is 10.4. The van der Waals surface area contributed by atoms with Gasteiger partial charge in [-0.2, -0.15) is 0 Å². The highest BCUT2D eigenvalue weighted by molar-refractivity contribution is 7.98. The van der Waals surface area contributed by atoms with Crippen LogP contribution in [0.25, 0.3) is 0 Å². The van der Waals surface area contributed by atoms with Crippen LogP contribution in [0.5, 0.6) is 0 Å². The van der Waals surface area contributed by atoms with Gasteiger partial charge in [0.1, 0.15) is 0 Å². The van der Waals surface area contributed by atoms with Gasteiger partial charge < -0.3 is 0 Å². The summed E-state index contributed by atoms with van der Waals surface area (Å²) in [5, 5.41) is 8.67. The highest BCUT2D eigenvalue weighted by atomic mass is 32.2. The van der Waals surface area contributed by atoms with Crippen molar-refractivity contribution in [2.45, 2.75) is 38.3 Å². The second-order valence-corrected chi connectivity index (χ2v) is 4.48. The smallest absolute Gasteiger partial charge is 0.0883 e. The van der Waals surface area contributed by atoms with Crippen LogP contribution in [0.4, 0.5) is 0 Å². The van der Waals surface area contributed by atoms with Crippen LogP contribution in [0.1, 0.15) is 26.5 Å². The molecule has 0 unspecified atom stereocenters. The number of aromatic nitrogens is 3. The van der Waals surface area contributed by atoms with Crippen LogP contribution in [-0.2, 0) is 12.3 Å². The third-order valence-electron chi connectivity index (χ3n) is 1.49. The van der Waals surface area contributed by atoms with Gasteiger partial charge in [0.15, 0.2) is 0 Å². The maximum absolute atomic E-state index is 4.01. The molecule has 0 spiro atoms. The standard InChI is InChI=1S/C8H15N3S/c1-4-8-5-11(10-9-8)6-12-7(2)3/h5,7H,4,6H2,1-3H3. The number of nitrogens with zero attached hydrogens (tertiary/aromatic N) is 3. The molecule has 1 heterocycles. The normalized spacial score (nSPS) is 11.0. The Hall–Kier alpha value is -0.510. The van der Waals surface area contributed by atoms with Gasteiger partial charge >= 0.3 is 0 Å². The van der Waals surface area contributed by atoms with E-state index >= 15 is 0 Å². The molecule has 1 aromatic heterocycles. The van der Waals surface area contributed by atoms with E-state index in [4.69, 9.17) is 0 Å². The summed E-state index contributed by atoms with van der Waals surface area (Å²) in [5.41, 5.74) is 1.07. The lowest BCUT2D eigenvalue weighted by Gasteiger charge is -2.02. The van der Waals surface area contributed by atoms with Crippen molar-refractivity contribution in [3.8, 4) is 0 Å². The van der Waals surface area contributed by atoms with Gasteiger partial charge in [0.05, 0.1) is 11.6 Å². The highest BCUT2D eigenvalue weighted by Crippen LogP contribution is 2.11. The quantitative estimate of drug-likeness (QED) is 0.718. The fourth-order valence-electron chi connectivity index (χ4n) is 0.789. The Morgan fingerprint density at radius 2 is 2.33 bits per heavy atom. The summed E-state index contributed by atoms with van der Waals surface area (Å²) in [4.78, 5) is 0. The van der Waals surface area contributed by atoms with Crippen LogP contribution in [0.3, 0.4) is 0 Å². The molecule has 0 aliphatic rings. The fraction of sp³-hybridized carbons (Fsp3) is 0.750. The third kappa shape index (κ3) is 2.85. The lowest BCUT2D eigenvalue weighted by Crippen LogP contribution is -1.98. The minimum absolute atomic E-state index is 0.652. The van der Waals surface area contributed by atoms with Gasteiger partial charge in [0.25, 0.3) is 0 Å². The van der Waals surface area contributed by atoms with Crippen molar-refractivity contribution in [1.82, 2.24) is 15.0 Å². The molecule has 1 rings (SSSR count).